The minimum absolute atomic E-state index is 0.563. The van der Waals surface area contributed by atoms with Crippen LogP contribution in [-0.4, -0.2) is 24.6 Å². The van der Waals surface area contributed by atoms with Crippen molar-refractivity contribution in [3.8, 4) is 0 Å². The Morgan fingerprint density at radius 1 is 1.33 bits per heavy atom. The Morgan fingerprint density at radius 3 is 2.67 bits per heavy atom. The molecular formula is C17H31N3S. The third kappa shape index (κ3) is 4.68. The molecule has 1 heterocycles. The SMILES string of the molecule is CCCNCc1sc(N(CC)CC2CC2)nc1C(C)CC. The number of nitrogens with one attached hydrogen (secondary N) is 1. The molecule has 3 nitrogen and oxygen atoms in total. The second-order valence-electron chi connectivity index (χ2n) is 6.27. The van der Waals surface area contributed by atoms with Crippen molar-refractivity contribution in [3.05, 3.63) is 10.6 Å². The lowest BCUT2D eigenvalue weighted by Gasteiger charge is -2.19. The summed E-state index contributed by atoms with van der Waals surface area (Å²) in [6, 6.07) is 0. The van der Waals surface area contributed by atoms with E-state index in [1.54, 1.807) is 0 Å². The highest BCUT2D eigenvalue weighted by Crippen LogP contribution is 2.35. The number of nitrogens with zero attached hydrogens (tertiary/aromatic N) is 2. The molecule has 0 amide bonds. The van der Waals surface area contributed by atoms with Gasteiger partial charge in [0, 0.05) is 24.5 Å². The van der Waals surface area contributed by atoms with E-state index in [-0.39, 0.29) is 0 Å². The van der Waals surface area contributed by atoms with Crippen LogP contribution >= 0.6 is 11.3 Å². The van der Waals surface area contributed by atoms with E-state index in [1.807, 2.05) is 11.3 Å². The lowest BCUT2D eigenvalue weighted by atomic mass is 10.0. The Kier molecular flexibility index (Phi) is 6.49. The number of rotatable bonds is 10. The Morgan fingerprint density at radius 2 is 2.10 bits per heavy atom. The molecule has 0 saturated heterocycles. The zero-order valence-electron chi connectivity index (χ0n) is 14.1. The second-order valence-corrected chi connectivity index (χ2v) is 7.34. The lowest BCUT2D eigenvalue weighted by Crippen LogP contribution is -2.25. The average Bonchev–Trinajstić information content (AvgIpc) is 3.22. The zero-order valence-corrected chi connectivity index (χ0v) is 14.9. The lowest BCUT2D eigenvalue weighted by molar-refractivity contribution is 0.654. The van der Waals surface area contributed by atoms with E-state index in [0.717, 1.165) is 25.6 Å². The number of hydrogen-bond donors (Lipinski definition) is 1. The summed E-state index contributed by atoms with van der Waals surface area (Å²) in [5.41, 5.74) is 1.33. The molecule has 120 valence electrons. The van der Waals surface area contributed by atoms with Gasteiger partial charge in [0.1, 0.15) is 0 Å². The molecule has 1 aliphatic rings. The highest BCUT2D eigenvalue weighted by molar-refractivity contribution is 7.15. The molecule has 1 aliphatic carbocycles. The van der Waals surface area contributed by atoms with Crippen LogP contribution in [-0.2, 0) is 6.54 Å². The molecule has 4 heteroatoms. The summed E-state index contributed by atoms with van der Waals surface area (Å²) in [7, 11) is 0. The van der Waals surface area contributed by atoms with Gasteiger partial charge in [0.15, 0.2) is 5.13 Å². The Balaban J connectivity index is 2.12. The van der Waals surface area contributed by atoms with E-state index >= 15 is 0 Å². The van der Waals surface area contributed by atoms with Gasteiger partial charge in [-0.1, -0.05) is 20.8 Å². The van der Waals surface area contributed by atoms with Gasteiger partial charge in [0.05, 0.1) is 5.69 Å². The maximum atomic E-state index is 5.02. The van der Waals surface area contributed by atoms with Crippen molar-refractivity contribution in [2.24, 2.45) is 5.92 Å². The fraction of sp³-hybridized carbons (Fsp3) is 0.824. The fourth-order valence-electron chi connectivity index (χ4n) is 2.52. The van der Waals surface area contributed by atoms with E-state index in [0.29, 0.717) is 5.92 Å². The number of aromatic nitrogens is 1. The molecule has 0 bridgehead atoms. The van der Waals surface area contributed by atoms with Gasteiger partial charge in [0.25, 0.3) is 0 Å². The number of anilines is 1. The Hall–Kier alpha value is -0.610. The van der Waals surface area contributed by atoms with Crippen LogP contribution in [0.25, 0.3) is 0 Å². The minimum Gasteiger partial charge on any atom is -0.348 e. The van der Waals surface area contributed by atoms with Crippen LogP contribution in [0.1, 0.15) is 69.9 Å². The van der Waals surface area contributed by atoms with Crippen LogP contribution in [0.2, 0.25) is 0 Å². The molecule has 2 rings (SSSR count). The summed E-state index contributed by atoms with van der Waals surface area (Å²) in [5.74, 6) is 1.48. The smallest absolute Gasteiger partial charge is 0.185 e. The van der Waals surface area contributed by atoms with E-state index < -0.39 is 0 Å². The molecule has 1 N–H and O–H groups in total. The van der Waals surface area contributed by atoms with E-state index in [2.05, 4.69) is 37.9 Å². The highest BCUT2D eigenvalue weighted by Gasteiger charge is 2.26. The first-order chi connectivity index (χ1) is 10.2. The summed E-state index contributed by atoms with van der Waals surface area (Å²) < 4.78 is 0. The van der Waals surface area contributed by atoms with Crippen LogP contribution in [0.15, 0.2) is 0 Å². The first kappa shape index (κ1) is 16.8. The molecule has 0 radical (unpaired) electrons. The minimum atomic E-state index is 0.563. The Labute approximate surface area is 134 Å². The third-order valence-corrected chi connectivity index (χ3v) is 5.47. The van der Waals surface area contributed by atoms with Gasteiger partial charge in [-0.3, -0.25) is 0 Å². The van der Waals surface area contributed by atoms with Crippen molar-refractivity contribution in [1.82, 2.24) is 10.3 Å². The number of thiazole rings is 1. The van der Waals surface area contributed by atoms with Gasteiger partial charge in [0.2, 0.25) is 0 Å². The van der Waals surface area contributed by atoms with Crippen molar-refractivity contribution >= 4 is 16.5 Å². The second kappa shape index (κ2) is 8.14. The monoisotopic (exact) mass is 309 g/mol. The maximum Gasteiger partial charge on any atom is 0.185 e. The zero-order chi connectivity index (χ0) is 15.2. The van der Waals surface area contributed by atoms with Crippen LogP contribution in [0.4, 0.5) is 5.13 Å². The van der Waals surface area contributed by atoms with E-state index in [1.165, 1.54) is 47.9 Å². The molecule has 1 atom stereocenters. The standard InChI is InChI=1S/C17H31N3S/c1-5-10-18-11-15-16(13(4)6-2)19-17(21-15)20(7-3)12-14-8-9-14/h13-14,18H,5-12H2,1-4H3. The van der Waals surface area contributed by atoms with Crippen molar-refractivity contribution < 1.29 is 0 Å². The predicted molar refractivity (Wildman–Crippen MR) is 93.4 cm³/mol. The molecule has 0 aromatic carbocycles. The normalized spacial score (nSPS) is 16.2. The van der Waals surface area contributed by atoms with Crippen molar-refractivity contribution in [2.45, 2.75) is 65.8 Å². The van der Waals surface area contributed by atoms with E-state index in [9.17, 15) is 0 Å². The van der Waals surface area contributed by atoms with Crippen molar-refractivity contribution in [1.29, 1.82) is 0 Å². The summed E-state index contributed by atoms with van der Waals surface area (Å²) in [6.07, 6.45) is 5.17. The fourth-order valence-corrected chi connectivity index (χ4v) is 3.75. The van der Waals surface area contributed by atoms with Gasteiger partial charge < -0.3 is 10.2 Å². The van der Waals surface area contributed by atoms with Crippen molar-refractivity contribution in [3.63, 3.8) is 0 Å². The van der Waals surface area contributed by atoms with Crippen LogP contribution in [0, 0.1) is 5.92 Å². The van der Waals surface area contributed by atoms with Crippen LogP contribution in [0.3, 0.4) is 0 Å². The average molecular weight is 310 g/mol. The molecule has 0 aliphatic heterocycles. The molecule has 0 spiro atoms. The first-order valence-corrected chi connectivity index (χ1v) is 9.46. The predicted octanol–water partition coefficient (Wildman–Crippen LogP) is 4.39. The first-order valence-electron chi connectivity index (χ1n) is 8.64. The van der Waals surface area contributed by atoms with Gasteiger partial charge >= 0.3 is 0 Å². The molecule has 1 fully saturated rings. The summed E-state index contributed by atoms with van der Waals surface area (Å²) >= 11 is 1.91. The molecule has 1 aromatic rings. The van der Waals surface area contributed by atoms with Crippen LogP contribution < -0.4 is 10.2 Å². The molecular weight excluding hydrogens is 278 g/mol. The number of hydrogen-bond acceptors (Lipinski definition) is 4. The third-order valence-electron chi connectivity index (χ3n) is 4.34. The molecule has 1 aromatic heterocycles. The Bertz CT molecular complexity index is 426. The van der Waals surface area contributed by atoms with Gasteiger partial charge in [-0.25, -0.2) is 4.98 Å². The van der Waals surface area contributed by atoms with Gasteiger partial charge in [-0.2, -0.15) is 0 Å². The van der Waals surface area contributed by atoms with Gasteiger partial charge in [-0.15, -0.1) is 11.3 Å². The molecule has 1 saturated carbocycles. The van der Waals surface area contributed by atoms with Crippen molar-refractivity contribution in [2.75, 3.05) is 24.5 Å². The summed E-state index contributed by atoms with van der Waals surface area (Å²) in [4.78, 5) is 8.95. The summed E-state index contributed by atoms with van der Waals surface area (Å²) in [6.45, 7) is 13.4. The van der Waals surface area contributed by atoms with Crippen LogP contribution in [0.5, 0.6) is 0 Å². The largest absolute Gasteiger partial charge is 0.348 e. The highest BCUT2D eigenvalue weighted by atomic mass is 32.1. The molecule has 21 heavy (non-hydrogen) atoms. The summed E-state index contributed by atoms with van der Waals surface area (Å²) in [5, 5.41) is 4.79. The molecule has 1 unspecified atom stereocenters. The van der Waals surface area contributed by atoms with E-state index in [4.69, 9.17) is 4.98 Å². The van der Waals surface area contributed by atoms with Gasteiger partial charge in [-0.05, 0) is 51.0 Å². The topological polar surface area (TPSA) is 28.2 Å². The quantitative estimate of drug-likeness (QED) is 0.650. The maximum absolute atomic E-state index is 5.02.